The minimum atomic E-state index is -3.99. The van der Waals surface area contributed by atoms with E-state index in [1.807, 2.05) is 0 Å². The van der Waals surface area contributed by atoms with E-state index in [4.69, 9.17) is 23.4 Å². The summed E-state index contributed by atoms with van der Waals surface area (Å²) in [5.41, 5.74) is 1.53. The summed E-state index contributed by atoms with van der Waals surface area (Å²) in [6, 6.07) is 0. The first-order chi connectivity index (χ1) is 6.34. The Morgan fingerprint density at radius 3 is 2.00 bits per heavy atom. The van der Waals surface area contributed by atoms with Crippen LogP contribution in [0, 0.1) is 13.8 Å². The van der Waals surface area contributed by atoms with Crippen molar-refractivity contribution >= 4 is 40.3 Å². The van der Waals surface area contributed by atoms with Crippen LogP contribution in [0.4, 0.5) is 0 Å². The molecule has 14 heavy (non-hydrogen) atoms. The average Bonchev–Trinajstić information content (AvgIpc) is 2.33. The van der Waals surface area contributed by atoms with Crippen molar-refractivity contribution in [3.63, 3.8) is 0 Å². The van der Waals surface area contributed by atoms with E-state index in [0.29, 0.717) is 5.56 Å². The second-order valence-corrected chi connectivity index (χ2v) is 8.13. The Morgan fingerprint density at radius 2 is 1.86 bits per heavy atom. The zero-order chi connectivity index (χ0) is 11.4. The van der Waals surface area contributed by atoms with E-state index >= 15 is 0 Å². The third-order valence-electron chi connectivity index (χ3n) is 1.47. The van der Waals surface area contributed by atoms with Crippen molar-refractivity contribution < 1.29 is 29.5 Å². The molecular weight excluding hydrogens is 450 g/mol. The summed E-state index contributed by atoms with van der Waals surface area (Å²) in [5.74, 6) is 0. The second-order valence-electron chi connectivity index (χ2n) is 2.35. The van der Waals surface area contributed by atoms with Crippen LogP contribution >= 0.6 is 30.2 Å². The summed E-state index contributed by atoms with van der Waals surface area (Å²) in [6.45, 7) is 3.48. The van der Waals surface area contributed by atoms with E-state index in [0.717, 1.165) is 16.9 Å². The Hall–Kier alpha value is 0.878. The fourth-order valence-electron chi connectivity index (χ4n) is 0.734. The van der Waals surface area contributed by atoms with Crippen LogP contribution in [0.1, 0.15) is 11.1 Å². The van der Waals surface area contributed by atoms with E-state index in [9.17, 15) is 8.42 Å². The van der Waals surface area contributed by atoms with Gasteiger partial charge in [-0.05, 0) is 30.4 Å². The molecule has 86 valence electrons. The van der Waals surface area contributed by atoms with Crippen LogP contribution in [-0.2, 0) is 26.6 Å². The van der Waals surface area contributed by atoms with Gasteiger partial charge in [0.15, 0.2) is 0 Å². The van der Waals surface area contributed by atoms with Crippen LogP contribution in [0.2, 0.25) is 0 Å². The summed E-state index contributed by atoms with van der Waals surface area (Å²) in [7, 11) is 5.76. The molecule has 1 aromatic rings. The van der Waals surface area contributed by atoms with Gasteiger partial charge >= 0.3 is 45.4 Å². The Kier molecular flexibility index (Phi) is 6.86. The van der Waals surface area contributed by atoms with Crippen LogP contribution in [0.5, 0.6) is 0 Å². The summed E-state index contributed by atoms with van der Waals surface area (Å²) in [4.78, 5) is 0. The molecule has 0 aliphatic heterocycles. The van der Waals surface area contributed by atoms with Crippen LogP contribution in [0.3, 0.4) is 0 Å². The average molecular weight is 458 g/mol. The Balaban J connectivity index is 0.000000500. The standard InChI is InChI=1S/C6H8O3S2.2ClH.Pt/c1-4-3-10-6(5(4)2)11(7,8)9;;;/h3H,1-2H3,(H,7,8,9);2*1H;/q;;;+2/p-2. The fraction of sp³-hybridized carbons (Fsp3) is 0.333. The second kappa shape index (κ2) is 6.46. The zero-order valence-corrected chi connectivity index (χ0v) is 12.6. The molecular formula is C6H8Cl2O3PtS2. The van der Waals surface area contributed by atoms with Crippen molar-refractivity contribution in [3.05, 3.63) is 16.5 Å². The van der Waals surface area contributed by atoms with Gasteiger partial charge in [0, 0.05) is 0 Å². The van der Waals surface area contributed by atoms with Crippen LogP contribution < -0.4 is 0 Å². The van der Waals surface area contributed by atoms with Gasteiger partial charge in [-0.15, -0.1) is 11.3 Å². The Labute approximate surface area is 104 Å². The van der Waals surface area contributed by atoms with E-state index in [-0.39, 0.29) is 4.21 Å². The molecule has 1 heterocycles. The number of thiophene rings is 1. The van der Waals surface area contributed by atoms with Crippen molar-refractivity contribution in [3.8, 4) is 0 Å². The first-order valence-corrected chi connectivity index (χ1v) is 11.1. The van der Waals surface area contributed by atoms with Crippen molar-refractivity contribution in [2.75, 3.05) is 0 Å². The molecule has 0 spiro atoms. The summed E-state index contributed by atoms with van der Waals surface area (Å²) < 4.78 is 30.0. The number of hydrogen-bond donors (Lipinski definition) is 1. The Morgan fingerprint density at radius 1 is 1.43 bits per heavy atom. The molecule has 1 rings (SSSR count). The van der Waals surface area contributed by atoms with Gasteiger partial charge in [0.05, 0.1) is 0 Å². The predicted molar refractivity (Wildman–Crippen MR) is 55.3 cm³/mol. The third kappa shape index (κ3) is 4.60. The molecule has 0 bridgehead atoms. The molecule has 1 N–H and O–H groups in total. The molecule has 0 unspecified atom stereocenters. The number of halogens is 2. The molecule has 1 aromatic heterocycles. The maximum atomic E-state index is 10.6. The first kappa shape index (κ1) is 14.9. The van der Waals surface area contributed by atoms with Crippen molar-refractivity contribution in [1.29, 1.82) is 0 Å². The summed E-state index contributed by atoms with van der Waals surface area (Å²) in [6.07, 6.45) is 0. The van der Waals surface area contributed by atoms with Gasteiger partial charge in [-0.3, -0.25) is 4.55 Å². The van der Waals surface area contributed by atoms with Gasteiger partial charge < -0.3 is 0 Å². The van der Waals surface area contributed by atoms with Gasteiger partial charge in [-0.2, -0.15) is 8.42 Å². The van der Waals surface area contributed by atoms with Crippen LogP contribution in [0.25, 0.3) is 0 Å². The first-order valence-electron chi connectivity index (χ1n) is 3.19. The molecule has 8 heteroatoms. The van der Waals surface area contributed by atoms with Crippen molar-refractivity contribution in [2.45, 2.75) is 18.1 Å². The third-order valence-corrected chi connectivity index (χ3v) is 4.16. The summed E-state index contributed by atoms with van der Waals surface area (Å²) >= 11 is 0.573. The zero-order valence-electron chi connectivity index (χ0n) is 7.23. The van der Waals surface area contributed by atoms with Gasteiger partial charge in [0.1, 0.15) is 4.21 Å². The fourth-order valence-corrected chi connectivity index (χ4v) is 2.71. The molecule has 0 aromatic carbocycles. The molecule has 0 amide bonds. The topological polar surface area (TPSA) is 54.4 Å². The molecule has 0 saturated heterocycles. The number of hydrogen-bond acceptors (Lipinski definition) is 3. The molecule has 3 nitrogen and oxygen atoms in total. The van der Waals surface area contributed by atoms with Gasteiger partial charge in [0.25, 0.3) is 0 Å². The van der Waals surface area contributed by atoms with Gasteiger partial charge in [-0.25, -0.2) is 0 Å². The molecule has 0 atom stereocenters. The van der Waals surface area contributed by atoms with Crippen molar-refractivity contribution in [1.82, 2.24) is 0 Å². The predicted octanol–water partition coefficient (Wildman–Crippen LogP) is 2.99. The quantitative estimate of drug-likeness (QED) is 0.659. The minimum absolute atomic E-state index is 0.0509. The van der Waals surface area contributed by atoms with Gasteiger partial charge in [-0.1, -0.05) is 0 Å². The Bertz CT molecular complexity index is 388. The number of rotatable bonds is 1. The molecule has 0 fully saturated rings. The van der Waals surface area contributed by atoms with E-state index in [1.165, 1.54) is 0 Å². The van der Waals surface area contributed by atoms with E-state index < -0.39 is 26.6 Å². The molecule has 0 aliphatic carbocycles. The molecule has 0 aliphatic rings. The van der Waals surface area contributed by atoms with Crippen LogP contribution in [-0.4, -0.2) is 13.0 Å². The monoisotopic (exact) mass is 457 g/mol. The van der Waals surface area contributed by atoms with E-state index in [2.05, 4.69) is 0 Å². The van der Waals surface area contributed by atoms with Crippen LogP contribution in [0.15, 0.2) is 9.59 Å². The normalized spacial score (nSPS) is 10.9. The maximum absolute atomic E-state index is 10.6. The van der Waals surface area contributed by atoms with Gasteiger partial charge in [0.2, 0.25) is 0 Å². The SMILES string of the molecule is Cc1csc(S(=O)(=O)O)c1C.[Cl][Pt][Cl]. The van der Waals surface area contributed by atoms with Crippen molar-refractivity contribution in [2.24, 2.45) is 0 Å². The van der Waals surface area contributed by atoms with E-state index in [1.54, 1.807) is 19.2 Å². The summed E-state index contributed by atoms with van der Waals surface area (Å²) in [5, 5.41) is 1.71. The molecule has 0 saturated carbocycles. The number of aryl methyl sites for hydroxylation is 1. The molecule has 0 radical (unpaired) electrons.